The molecule has 3 aliphatic heterocycles. The van der Waals surface area contributed by atoms with Crippen LogP contribution in [0.15, 0.2) is 24.3 Å². The Labute approximate surface area is 222 Å². The van der Waals surface area contributed by atoms with Crippen LogP contribution in [0.25, 0.3) is 0 Å². The average molecular weight is 526 g/mol. The van der Waals surface area contributed by atoms with Crippen molar-refractivity contribution in [3.63, 3.8) is 0 Å². The Hall–Kier alpha value is -3.78. The molecule has 3 aliphatic rings. The number of hydroxylamine groups is 2. The van der Waals surface area contributed by atoms with E-state index in [0.29, 0.717) is 50.4 Å². The summed E-state index contributed by atoms with van der Waals surface area (Å²) in [5, 5.41) is 3.07. The zero-order valence-electron chi connectivity index (χ0n) is 21.6. The second-order valence-electron chi connectivity index (χ2n) is 9.71. The molecule has 0 aromatic heterocycles. The zero-order valence-corrected chi connectivity index (χ0v) is 21.6. The molecule has 4 rings (SSSR count). The summed E-state index contributed by atoms with van der Waals surface area (Å²) in [4.78, 5) is 61.0. The fraction of sp³-hybridized carbons (Fsp3) is 0.556. The molecule has 1 aromatic rings. The highest BCUT2D eigenvalue weighted by Gasteiger charge is 2.33. The predicted octanol–water partition coefficient (Wildman–Crippen LogP) is 2.06. The predicted molar refractivity (Wildman–Crippen MR) is 138 cm³/mol. The number of amides is 6. The van der Waals surface area contributed by atoms with E-state index in [1.807, 2.05) is 24.3 Å². The van der Waals surface area contributed by atoms with Crippen LogP contribution >= 0.6 is 0 Å². The first kappa shape index (κ1) is 27.3. The number of terminal acetylenes is 1. The molecule has 0 saturated carbocycles. The number of hydrogen-bond acceptors (Lipinski definition) is 6. The van der Waals surface area contributed by atoms with Gasteiger partial charge < -0.3 is 29.6 Å². The second kappa shape index (κ2) is 13.1. The molecule has 0 unspecified atom stereocenters. The van der Waals surface area contributed by atoms with Gasteiger partial charge in [0.25, 0.3) is 5.91 Å². The normalized spacial score (nSPS) is 19.7. The van der Waals surface area contributed by atoms with Crippen LogP contribution < -0.4 is 5.32 Å². The molecule has 11 nitrogen and oxygen atoms in total. The first-order valence-corrected chi connectivity index (χ1v) is 13.2. The van der Waals surface area contributed by atoms with Gasteiger partial charge in [0.15, 0.2) is 0 Å². The van der Waals surface area contributed by atoms with Crippen LogP contribution in [0, 0.1) is 18.3 Å². The summed E-state index contributed by atoms with van der Waals surface area (Å²) in [6.07, 6.45) is 8.12. The molecule has 0 radical (unpaired) electrons. The van der Waals surface area contributed by atoms with E-state index in [1.54, 1.807) is 4.90 Å². The van der Waals surface area contributed by atoms with Crippen molar-refractivity contribution < 1.29 is 28.8 Å². The van der Waals surface area contributed by atoms with Crippen molar-refractivity contribution in [3.05, 3.63) is 35.4 Å². The van der Waals surface area contributed by atoms with Gasteiger partial charge >= 0.3 is 18.2 Å². The van der Waals surface area contributed by atoms with E-state index in [1.165, 1.54) is 15.4 Å². The molecular weight excluding hydrogens is 490 g/mol. The SMILES string of the molecule is C#Cc1ccc(CCC2CCN(C(=O)ON3C(=O)CCN(C(=O)N4CCOCC4)CCNC3=O)CC2)cc1. The average Bonchev–Trinajstić information content (AvgIpc) is 3.02. The minimum absolute atomic E-state index is 0.120. The molecule has 3 saturated heterocycles. The number of carbonyl (C=O) groups excluding carboxylic acids is 4. The van der Waals surface area contributed by atoms with Gasteiger partial charge in [0.05, 0.1) is 13.2 Å². The number of morpholine rings is 1. The van der Waals surface area contributed by atoms with Crippen LogP contribution in [-0.2, 0) is 20.8 Å². The Bertz CT molecular complexity index is 1040. The maximum absolute atomic E-state index is 12.8. The van der Waals surface area contributed by atoms with Crippen LogP contribution in [0.1, 0.15) is 36.8 Å². The Morgan fingerprint density at radius 2 is 1.66 bits per heavy atom. The first-order valence-electron chi connectivity index (χ1n) is 13.2. The highest BCUT2D eigenvalue weighted by Crippen LogP contribution is 2.23. The van der Waals surface area contributed by atoms with Crippen molar-refractivity contribution in [2.24, 2.45) is 5.92 Å². The van der Waals surface area contributed by atoms with E-state index in [4.69, 9.17) is 16.0 Å². The van der Waals surface area contributed by atoms with Gasteiger partial charge in [0.1, 0.15) is 0 Å². The Kier molecular flexibility index (Phi) is 9.43. The van der Waals surface area contributed by atoms with Crippen LogP contribution in [0.2, 0.25) is 0 Å². The van der Waals surface area contributed by atoms with Crippen molar-refractivity contribution in [2.45, 2.75) is 32.1 Å². The van der Waals surface area contributed by atoms with Crippen LogP contribution in [0.4, 0.5) is 14.4 Å². The first-order chi connectivity index (χ1) is 18.4. The van der Waals surface area contributed by atoms with Crippen LogP contribution in [-0.4, -0.2) is 103 Å². The van der Waals surface area contributed by atoms with Gasteiger partial charge in [-0.3, -0.25) is 4.79 Å². The summed E-state index contributed by atoms with van der Waals surface area (Å²) in [5.41, 5.74) is 2.09. The Balaban J connectivity index is 1.24. The number of likely N-dealkylation sites (tertiary alicyclic amines) is 1. The second-order valence-corrected chi connectivity index (χ2v) is 9.71. The summed E-state index contributed by atoms with van der Waals surface area (Å²) < 4.78 is 5.29. The monoisotopic (exact) mass is 525 g/mol. The fourth-order valence-corrected chi connectivity index (χ4v) is 4.84. The molecule has 3 fully saturated rings. The highest BCUT2D eigenvalue weighted by molar-refractivity contribution is 5.94. The van der Waals surface area contributed by atoms with Crippen molar-refractivity contribution >= 4 is 24.1 Å². The number of ether oxygens (including phenoxy) is 1. The molecule has 204 valence electrons. The number of piperidine rings is 1. The molecule has 3 heterocycles. The number of benzene rings is 1. The van der Waals surface area contributed by atoms with Crippen molar-refractivity contribution in [3.8, 4) is 12.3 Å². The van der Waals surface area contributed by atoms with Crippen LogP contribution in [0.5, 0.6) is 0 Å². The van der Waals surface area contributed by atoms with Crippen molar-refractivity contribution in [1.29, 1.82) is 0 Å². The van der Waals surface area contributed by atoms with E-state index in [0.717, 1.165) is 31.2 Å². The highest BCUT2D eigenvalue weighted by atomic mass is 16.7. The quantitative estimate of drug-likeness (QED) is 0.603. The topological polar surface area (TPSA) is 112 Å². The van der Waals surface area contributed by atoms with E-state index in [2.05, 4.69) is 11.2 Å². The lowest BCUT2D eigenvalue weighted by molar-refractivity contribution is -0.155. The molecular formula is C27H35N5O6. The van der Waals surface area contributed by atoms with Gasteiger partial charge in [-0.05, 0) is 49.3 Å². The molecule has 6 amide bonds. The van der Waals surface area contributed by atoms with Gasteiger partial charge in [-0.2, -0.15) is 0 Å². The van der Waals surface area contributed by atoms with Crippen LogP contribution in [0.3, 0.4) is 0 Å². The molecule has 0 spiro atoms. The standard InChI is InChI=1S/C27H35N5O6/c1-2-21-3-5-22(6-4-21)7-8-23-9-13-31(14-10-23)27(36)38-32-24(33)11-15-29(16-12-28-25(32)34)26(35)30-17-19-37-20-18-30/h1,3-6,23H,7-20H2,(H,28,34). The summed E-state index contributed by atoms with van der Waals surface area (Å²) in [5.74, 6) is 2.41. The zero-order chi connectivity index (χ0) is 26.9. The van der Waals surface area contributed by atoms with Gasteiger partial charge in [-0.1, -0.05) is 23.1 Å². The lowest BCUT2D eigenvalue weighted by Gasteiger charge is -2.32. The number of nitrogens with one attached hydrogen (secondary N) is 1. The molecule has 38 heavy (non-hydrogen) atoms. The maximum atomic E-state index is 12.8. The molecule has 0 bridgehead atoms. The summed E-state index contributed by atoms with van der Waals surface area (Å²) in [6.45, 7) is 3.39. The third-order valence-electron chi connectivity index (χ3n) is 7.22. The van der Waals surface area contributed by atoms with Gasteiger partial charge in [0, 0.05) is 57.8 Å². The molecule has 0 aliphatic carbocycles. The lowest BCUT2D eigenvalue weighted by atomic mass is 9.90. The number of nitrogens with zero attached hydrogens (tertiary/aromatic N) is 4. The van der Waals surface area contributed by atoms with Gasteiger partial charge in [0.2, 0.25) is 0 Å². The van der Waals surface area contributed by atoms with Crippen molar-refractivity contribution in [2.75, 3.05) is 59.0 Å². The molecule has 1 aromatic carbocycles. The Morgan fingerprint density at radius 3 is 2.34 bits per heavy atom. The summed E-state index contributed by atoms with van der Waals surface area (Å²) >= 11 is 0. The minimum Gasteiger partial charge on any atom is -0.378 e. The Morgan fingerprint density at radius 1 is 0.974 bits per heavy atom. The summed E-state index contributed by atoms with van der Waals surface area (Å²) in [7, 11) is 0. The van der Waals surface area contributed by atoms with E-state index >= 15 is 0 Å². The van der Waals surface area contributed by atoms with Crippen molar-refractivity contribution in [1.82, 2.24) is 25.1 Å². The third-order valence-corrected chi connectivity index (χ3v) is 7.22. The van der Waals surface area contributed by atoms with Gasteiger partial charge in [-0.25, -0.2) is 14.4 Å². The van der Waals surface area contributed by atoms with E-state index < -0.39 is 18.0 Å². The molecule has 0 atom stereocenters. The van der Waals surface area contributed by atoms with E-state index in [-0.39, 0.29) is 32.1 Å². The third kappa shape index (κ3) is 7.16. The number of aryl methyl sites for hydroxylation is 1. The number of rotatable bonds is 4. The number of carbonyl (C=O) groups is 4. The molecule has 1 N–H and O–H groups in total. The minimum atomic E-state index is -0.810. The molecule has 11 heteroatoms. The number of hydrogen-bond donors (Lipinski definition) is 1. The largest absolute Gasteiger partial charge is 0.434 e. The number of imide groups is 1. The maximum Gasteiger partial charge on any atom is 0.434 e. The number of urea groups is 2. The summed E-state index contributed by atoms with van der Waals surface area (Å²) in [6, 6.07) is 6.97. The lowest BCUT2D eigenvalue weighted by Crippen LogP contribution is -2.50. The smallest absolute Gasteiger partial charge is 0.378 e. The van der Waals surface area contributed by atoms with Gasteiger partial charge in [-0.15, -0.1) is 6.42 Å². The van der Waals surface area contributed by atoms with E-state index in [9.17, 15) is 19.2 Å². The fourth-order valence-electron chi connectivity index (χ4n) is 4.84.